The maximum absolute atomic E-state index is 10.7. The number of alkyl halides is 1. The Morgan fingerprint density at radius 3 is 2.50 bits per heavy atom. The monoisotopic (exact) mass is 227 g/mol. The Morgan fingerprint density at radius 2 is 2.00 bits per heavy atom. The van der Waals surface area contributed by atoms with E-state index >= 15 is 0 Å². The molecule has 0 radical (unpaired) electrons. The molecule has 0 saturated heterocycles. The van der Waals surface area contributed by atoms with E-state index in [9.17, 15) is 4.79 Å². The molecule has 3 heteroatoms. The molecule has 12 heavy (non-hydrogen) atoms. The van der Waals surface area contributed by atoms with Gasteiger partial charge in [-0.2, -0.15) is 0 Å². The zero-order chi connectivity index (χ0) is 8.97. The molecule has 0 bridgehead atoms. The van der Waals surface area contributed by atoms with Gasteiger partial charge < -0.3 is 5.73 Å². The molecule has 0 spiro atoms. The second-order valence-corrected chi connectivity index (χ2v) is 3.66. The number of primary amides is 1. The fourth-order valence-electron chi connectivity index (χ4n) is 0.922. The molecule has 0 aliphatic carbocycles. The van der Waals surface area contributed by atoms with Crippen molar-refractivity contribution in [2.75, 3.05) is 0 Å². The number of carbonyl (C=O) groups excluding carboxylic acids is 1. The average molecular weight is 228 g/mol. The lowest BCUT2D eigenvalue weighted by atomic mass is 10.1. The zero-order valence-corrected chi connectivity index (χ0v) is 8.12. The van der Waals surface area contributed by atoms with Crippen molar-refractivity contribution in [3.63, 3.8) is 0 Å². The Morgan fingerprint density at radius 1 is 1.42 bits per heavy atom. The van der Waals surface area contributed by atoms with E-state index in [1.165, 1.54) is 0 Å². The number of amides is 1. The summed E-state index contributed by atoms with van der Waals surface area (Å²) >= 11 is 3.20. The quantitative estimate of drug-likeness (QED) is 0.782. The summed E-state index contributed by atoms with van der Waals surface area (Å²) in [5, 5.41) is 0. The molecule has 0 heterocycles. The standard InChI is InChI=1S/C9H10BrNO/c10-8(9(11)12)6-7-4-2-1-3-5-7/h1-5,8H,6H2,(H2,11,12)/t8-/m0/s1. The third-order valence-corrected chi connectivity index (χ3v) is 2.34. The Labute approximate surface area is 79.9 Å². The van der Waals surface area contributed by atoms with E-state index in [4.69, 9.17) is 5.73 Å². The van der Waals surface area contributed by atoms with Crippen molar-refractivity contribution in [2.45, 2.75) is 11.2 Å². The predicted octanol–water partition coefficient (Wildman–Crippen LogP) is 1.48. The second-order valence-electron chi connectivity index (χ2n) is 2.56. The van der Waals surface area contributed by atoms with E-state index in [1.54, 1.807) is 0 Å². The molecule has 0 fully saturated rings. The molecule has 1 atom stereocenters. The number of benzene rings is 1. The first-order valence-corrected chi connectivity index (χ1v) is 4.59. The maximum atomic E-state index is 10.7. The van der Waals surface area contributed by atoms with Crippen LogP contribution in [0.4, 0.5) is 0 Å². The van der Waals surface area contributed by atoms with Gasteiger partial charge in [-0.15, -0.1) is 0 Å². The summed E-state index contributed by atoms with van der Waals surface area (Å²) in [6.45, 7) is 0. The van der Waals surface area contributed by atoms with Crippen LogP contribution in [0.3, 0.4) is 0 Å². The lowest BCUT2D eigenvalue weighted by Crippen LogP contribution is -2.24. The molecular weight excluding hydrogens is 218 g/mol. The van der Waals surface area contributed by atoms with Crippen LogP contribution in [-0.2, 0) is 11.2 Å². The molecule has 1 aromatic rings. The van der Waals surface area contributed by atoms with Crippen LogP contribution in [-0.4, -0.2) is 10.7 Å². The number of hydrogen-bond acceptors (Lipinski definition) is 1. The fourth-order valence-corrected chi connectivity index (χ4v) is 1.30. The van der Waals surface area contributed by atoms with Crippen LogP contribution in [0.5, 0.6) is 0 Å². The van der Waals surface area contributed by atoms with Crippen LogP contribution in [0.25, 0.3) is 0 Å². The highest BCUT2D eigenvalue weighted by Gasteiger charge is 2.10. The molecule has 0 aliphatic rings. The highest BCUT2D eigenvalue weighted by molar-refractivity contribution is 9.10. The van der Waals surface area contributed by atoms with Crippen molar-refractivity contribution >= 4 is 21.8 Å². The molecule has 0 unspecified atom stereocenters. The molecule has 1 amide bonds. The molecule has 0 saturated carbocycles. The molecule has 64 valence electrons. The maximum Gasteiger partial charge on any atom is 0.231 e. The van der Waals surface area contributed by atoms with Gasteiger partial charge in [-0.3, -0.25) is 4.79 Å². The van der Waals surface area contributed by atoms with Gasteiger partial charge in [0.25, 0.3) is 0 Å². The molecular formula is C9H10BrNO. The van der Waals surface area contributed by atoms with Crippen LogP contribution in [0.1, 0.15) is 5.56 Å². The van der Waals surface area contributed by atoms with Gasteiger partial charge in [0.05, 0.1) is 4.83 Å². The molecule has 1 rings (SSSR count). The lowest BCUT2D eigenvalue weighted by Gasteiger charge is -2.04. The van der Waals surface area contributed by atoms with Crippen molar-refractivity contribution in [3.05, 3.63) is 35.9 Å². The van der Waals surface area contributed by atoms with Crippen molar-refractivity contribution in [1.82, 2.24) is 0 Å². The summed E-state index contributed by atoms with van der Waals surface area (Å²) in [5.74, 6) is -0.321. The third kappa shape index (κ3) is 2.66. The third-order valence-electron chi connectivity index (χ3n) is 1.57. The van der Waals surface area contributed by atoms with Gasteiger partial charge in [-0.05, 0) is 12.0 Å². The van der Waals surface area contributed by atoms with E-state index in [2.05, 4.69) is 15.9 Å². The molecule has 2 nitrogen and oxygen atoms in total. The minimum atomic E-state index is -0.321. The van der Waals surface area contributed by atoms with Crippen molar-refractivity contribution in [2.24, 2.45) is 5.73 Å². The minimum Gasteiger partial charge on any atom is -0.369 e. The van der Waals surface area contributed by atoms with Crippen molar-refractivity contribution in [3.8, 4) is 0 Å². The Bertz CT molecular complexity index is 260. The highest BCUT2D eigenvalue weighted by Crippen LogP contribution is 2.08. The number of carbonyl (C=O) groups is 1. The number of rotatable bonds is 3. The van der Waals surface area contributed by atoms with Crippen LogP contribution in [0.2, 0.25) is 0 Å². The van der Waals surface area contributed by atoms with Crippen molar-refractivity contribution in [1.29, 1.82) is 0 Å². The van der Waals surface area contributed by atoms with E-state index in [-0.39, 0.29) is 10.7 Å². The molecule has 0 aliphatic heterocycles. The van der Waals surface area contributed by atoms with Crippen LogP contribution in [0, 0.1) is 0 Å². The highest BCUT2D eigenvalue weighted by atomic mass is 79.9. The summed E-state index contributed by atoms with van der Waals surface area (Å²) in [5.41, 5.74) is 6.21. The van der Waals surface area contributed by atoms with Gasteiger partial charge in [0.15, 0.2) is 0 Å². The Kier molecular flexibility index (Phi) is 3.29. The minimum absolute atomic E-state index is 0.264. The average Bonchev–Trinajstić information content (AvgIpc) is 2.06. The number of halogens is 1. The van der Waals surface area contributed by atoms with Crippen LogP contribution in [0.15, 0.2) is 30.3 Å². The first-order valence-electron chi connectivity index (χ1n) is 3.67. The molecule has 0 aromatic heterocycles. The van der Waals surface area contributed by atoms with E-state index in [0.717, 1.165) is 5.56 Å². The van der Waals surface area contributed by atoms with Gasteiger partial charge in [0, 0.05) is 0 Å². The summed E-state index contributed by atoms with van der Waals surface area (Å²) in [6.07, 6.45) is 0.649. The van der Waals surface area contributed by atoms with E-state index in [1.807, 2.05) is 30.3 Å². The zero-order valence-electron chi connectivity index (χ0n) is 6.53. The Hall–Kier alpha value is -0.830. The van der Waals surface area contributed by atoms with Gasteiger partial charge in [0.2, 0.25) is 5.91 Å². The summed E-state index contributed by atoms with van der Waals surface area (Å²) in [4.78, 5) is 10.4. The predicted molar refractivity (Wildman–Crippen MR) is 52.1 cm³/mol. The normalized spacial score (nSPS) is 12.4. The smallest absolute Gasteiger partial charge is 0.231 e. The fraction of sp³-hybridized carbons (Fsp3) is 0.222. The summed E-state index contributed by atoms with van der Waals surface area (Å²) < 4.78 is 0. The summed E-state index contributed by atoms with van der Waals surface area (Å²) in [6, 6.07) is 9.76. The topological polar surface area (TPSA) is 43.1 Å². The molecule has 2 N–H and O–H groups in total. The van der Waals surface area contributed by atoms with Gasteiger partial charge >= 0.3 is 0 Å². The Balaban J connectivity index is 2.58. The van der Waals surface area contributed by atoms with Crippen molar-refractivity contribution < 1.29 is 4.79 Å². The lowest BCUT2D eigenvalue weighted by molar-refractivity contribution is -0.117. The summed E-state index contributed by atoms with van der Waals surface area (Å²) in [7, 11) is 0. The molecule has 1 aromatic carbocycles. The number of nitrogens with two attached hydrogens (primary N) is 1. The van der Waals surface area contributed by atoms with Crippen LogP contribution < -0.4 is 5.73 Å². The van der Waals surface area contributed by atoms with Gasteiger partial charge in [-0.25, -0.2) is 0 Å². The first-order chi connectivity index (χ1) is 5.70. The van der Waals surface area contributed by atoms with Crippen LogP contribution >= 0.6 is 15.9 Å². The van der Waals surface area contributed by atoms with Gasteiger partial charge in [-0.1, -0.05) is 46.3 Å². The largest absolute Gasteiger partial charge is 0.369 e. The second kappa shape index (κ2) is 4.26. The first kappa shape index (κ1) is 9.26. The SMILES string of the molecule is NC(=O)[C@@H](Br)Cc1ccccc1. The number of hydrogen-bond donors (Lipinski definition) is 1. The van der Waals surface area contributed by atoms with E-state index in [0.29, 0.717) is 6.42 Å². The van der Waals surface area contributed by atoms with E-state index < -0.39 is 0 Å². The van der Waals surface area contributed by atoms with Gasteiger partial charge in [0.1, 0.15) is 0 Å².